The van der Waals surface area contributed by atoms with Crippen molar-refractivity contribution in [2.75, 3.05) is 0 Å². The lowest BCUT2D eigenvalue weighted by atomic mass is 9.82. The molecule has 2 aliphatic carbocycles. The SMILES string of the molecule is CC(C)(C)c1cc2c3c(c1)C=Cc1c(-c4ccc(-c5cccc6ccccc56)cc4)cc(-c4ccc(-c5cccnc5)cc4)c(c1C3)C=C2. The van der Waals surface area contributed by atoms with Crippen LogP contribution in [0.4, 0.5) is 0 Å². The van der Waals surface area contributed by atoms with E-state index in [1.807, 2.05) is 18.5 Å². The quantitative estimate of drug-likeness (QED) is 0.189. The second kappa shape index (κ2) is 11.4. The van der Waals surface area contributed by atoms with Gasteiger partial charge in [-0.1, -0.05) is 154 Å². The van der Waals surface area contributed by atoms with Gasteiger partial charge >= 0.3 is 0 Å². The van der Waals surface area contributed by atoms with Crippen LogP contribution in [0.2, 0.25) is 0 Å². The van der Waals surface area contributed by atoms with E-state index in [9.17, 15) is 0 Å². The van der Waals surface area contributed by atoms with Crippen LogP contribution in [0.3, 0.4) is 0 Å². The minimum atomic E-state index is 0.0682. The van der Waals surface area contributed by atoms with Crippen molar-refractivity contribution < 1.29 is 0 Å². The average Bonchev–Trinajstić information content (AvgIpc) is 3.46. The Kier molecular flexibility index (Phi) is 6.84. The highest BCUT2D eigenvalue weighted by Gasteiger charge is 2.25. The largest absolute Gasteiger partial charge is 0.264 e. The van der Waals surface area contributed by atoms with Gasteiger partial charge in [0.25, 0.3) is 0 Å². The molecular weight excluding hydrogens is 591 g/mol. The summed E-state index contributed by atoms with van der Waals surface area (Å²) in [6.07, 6.45) is 14.1. The molecule has 1 heteroatoms. The number of nitrogens with zero attached hydrogens (tertiary/aromatic N) is 1. The zero-order valence-electron chi connectivity index (χ0n) is 28.2. The van der Waals surface area contributed by atoms with Crippen molar-refractivity contribution in [2.45, 2.75) is 32.6 Å². The molecule has 7 aromatic rings. The predicted molar refractivity (Wildman–Crippen MR) is 209 cm³/mol. The maximum absolute atomic E-state index is 4.34. The van der Waals surface area contributed by atoms with Gasteiger partial charge in [-0.2, -0.15) is 0 Å². The van der Waals surface area contributed by atoms with E-state index in [2.05, 4.69) is 165 Å². The van der Waals surface area contributed by atoms with Gasteiger partial charge in [0.1, 0.15) is 0 Å². The summed E-state index contributed by atoms with van der Waals surface area (Å²) < 4.78 is 0. The second-order valence-corrected chi connectivity index (χ2v) is 14.4. The fourth-order valence-electron chi connectivity index (χ4n) is 7.68. The minimum absolute atomic E-state index is 0.0682. The Labute approximate surface area is 289 Å². The molecule has 0 spiro atoms. The number of rotatable bonds is 4. The Hall–Kier alpha value is -5.79. The van der Waals surface area contributed by atoms with E-state index in [-0.39, 0.29) is 5.41 Å². The number of fused-ring (bicyclic) bond motifs is 1. The van der Waals surface area contributed by atoms with Crippen molar-refractivity contribution in [1.82, 2.24) is 4.98 Å². The maximum atomic E-state index is 4.34. The van der Waals surface area contributed by atoms with Crippen molar-refractivity contribution in [3.05, 3.63) is 173 Å². The maximum Gasteiger partial charge on any atom is 0.0346 e. The number of hydrogen-bond acceptors (Lipinski definition) is 1. The first-order chi connectivity index (χ1) is 23.9. The third-order valence-corrected chi connectivity index (χ3v) is 10.4. The van der Waals surface area contributed by atoms with Crippen molar-refractivity contribution in [3.8, 4) is 44.5 Å². The molecule has 0 atom stereocenters. The zero-order chi connectivity index (χ0) is 33.1. The fraction of sp³-hybridized carbons (Fsp3) is 0.104. The molecule has 1 nitrogen and oxygen atoms in total. The summed E-state index contributed by atoms with van der Waals surface area (Å²) in [6.45, 7) is 6.92. The molecule has 0 saturated heterocycles. The number of pyridine rings is 1. The molecular formula is C48H37N. The molecule has 0 radical (unpaired) electrons. The van der Waals surface area contributed by atoms with Crippen LogP contribution in [0.25, 0.3) is 79.6 Å². The number of aromatic nitrogens is 1. The summed E-state index contributed by atoms with van der Waals surface area (Å²) in [4.78, 5) is 4.34. The Balaban J connectivity index is 1.23. The summed E-state index contributed by atoms with van der Waals surface area (Å²) in [5.41, 5.74) is 19.3. The third kappa shape index (κ3) is 5.14. The van der Waals surface area contributed by atoms with Crippen molar-refractivity contribution in [3.63, 3.8) is 0 Å². The van der Waals surface area contributed by atoms with Crippen molar-refractivity contribution in [2.24, 2.45) is 0 Å². The van der Waals surface area contributed by atoms with E-state index in [0.29, 0.717) is 0 Å². The van der Waals surface area contributed by atoms with E-state index >= 15 is 0 Å². The first-order valence-electron chi connectivity index (χ1n) is 17.2. The van der Waals surface area contributed by atoms with Gasteiger partial charge in [0, 0.05) is 12.4 Å². The standard InChI is InChI=1S/C48H37N/c1-48(2,3)39-26-36-21-23-42-45(34-15-13-31(14-16-34)38-10-7-25-49-30-38)29-46(43-24-22-37(27-39)44(36)28-47(42)43)35-19-17-33(18-20-35)41-12-6-9-32-8-4-5-11-40(32)41/h4-27,29-30H,28H2,1-3H3. The predicted octanol–water partition coefficient (Wildman–Crippen LogP) is 12.8. The highest BCUT2D eigenvalue weighted by molar-refractivity contribution is 5.99. The molecule has 1 heterocycles. The van der Waals surface area contributed by atoms with Crippen LogP contribution in [0.1, 0.15) is 59.7 Å². The summed E-state index contributed by atoms with van der Waals surface area (Å²) in [5, 5.41) is 2.55. The zero-order valence-corrected chi connectivity index (χ0v) is 28.2. The van der Waals surface area contributed by atoms with E-state index in [1.54, 1.807) is 0 Å². The lowest BCUT2D eigenvalue weighted by Gasteiger charge is -2.22. The molecule has 6 aromatic carbocycles. The van der Waals surface area contributed by atoms with Gasteiger partial charge in [-0.3, -0.25) is 4.98 Å². The van der Waals surface area contributed by atoms with Gasteiger partial charge < -0.3 is 0 Å². The summed E-state index contributed by atoms with van der Waals surface area (Å²) in [7, 11) is 0. The van der Waals surface area contributed by atoms with E-state index < -0.39 is 0 Å². The third-order valence-electron chi connectivity index (χ3n) is 10.4. The first-order valence-corrected chi connectivity index (χ1v) is 17.2. The van der Waals surface area contributed by atoms with Crippen LogP contribution < -0.4 is 0 Å². The first kappa shape index (κ1) is 29.4. The summed E-state index contributed by atoms with van der Waals surface area (Å²) in [5.74, 6) is 0. The Morgan fingerprint density at radius 1 is 0.490 bits per heavy atom. The van der Waals surface area contributed by atoms with E-state index in [1.165, 1.54) is 88.7 Å². The molecule has 0 saturated carbocycles. The highest BCUT2D eigenvalue weighted by atomic mass is 14.6. The molecule has 0 fully saturated rings. The molecule has 2 aliphatic rings. The lowest BCUT2D eigenvalue weighted by molar-refractivity contribution is 0.589. The van der Waals surface area contributed by atoms with Crippen LogP contribution in [0, 0.1) is 0 Å². The monoisotopic (exact) mass is 627 g/mol. The van der Waals surface area contributed by atoms with Crippen LogP contribution in [-0.2, 0) is 11.8 Å². The highest BCUT2D eigenvalue weighted by Crippen LogP contribution is 2.44. The van der Waals surface area contributed by atoms with Crippen molar-refractivity contribution in [1.29, 1.82) is 0 Å². The fourth-order valence-corrected chi connectivity index (χ4v) is 7.68. The minimum Gasteiger partial charge on any atom is -0.264 e. The van der Waals surface area contributed by atoms with Crippen LogP contribution in [-0.4, -0.2) is 4.98 Å². The molecule has 0 N–H and O–H groups in total. The summed E-state index contributed by atoms with van der Waals surface area (Å²) >= 11 is 0. The normalized spacial score (nSPS) is 13.0. The number of benzene rings is 6. The van der Waals surface area contributed by atoms with Crippen molar-refractivity contribution >= 4 is 35.1 Å². The second-order valence-electron chi connectivity index (χ2n) is 14.4. The van der Waals surface area contributed by atoms with E-state index in [0.717, 1.165) is 12.0 Å². The van der Waals surface area contributed by atoms with Gasteiger partial charge in [-0.25, -0.2) is 0 Å². The van der Waals surface area contributed by atoms with Crippen LogP contribution >= 0.6 is 0 Å². The van der Waals surface area contributed by atoms with Gasteiger partial charge in [0.2, 0.25) is 0 Å². The van der Waals surface area contributed by atoms with Gasteiger partial charge in [-0.05, 0) is 118 Å². The molecule has 49 heavy (non-hydrogen) atoms. The Morgan fingerprint density at radius 3 is 1.69 bits per heavy atom. The smallest absolute Gasteiger partial charge is 0.0346 e. The number of hydrogen-bond donors (Lipinski definition) is 0. The van der Waals surface area contributed by atoms with Gasteiger partial charge in [-0.15, -0.1) is 0 Å². The molecule has 0 unspecified atom stereocenters. The molecule has 1 aromatic heterocycles. The Bertz CT molecular complexity index is 2450. The van der Waals surface area contributed by atoms with Crippen LogP contribution in [0.15, 0.2) is 134 Å². The van der Waals surface area contributed by atoms with E-state index in [4.69, 9.17) is 0 Å². The molecule has 234 valence electrons. The molecule has 2 bridgehead atoms. The Morgan fingerprint density at radius 2 is 1.08 bits per heavy atom. The van der Waals surface area contributed by atoms with Crippen LogP contribution in [0.5, 0.6) is 0 Å². The average molecular weight is 628 g/mol. The summed E-state index contributed by atoms with van der Waals surface area (Å²) in [6, 6.07) is 44.8. The molecule has 0 aliphatic heterocycles. The topological polar surface area (TPSA) is 12.9 Å². The molecule has 0 amide bonds. The van der Waals surface area contributed by atoms with Gasteiger partial charge in [0.15, 0.2) is 0 Å². The lowest BCUT2D eigenvalue weighted by Crippen LogP contribution is -2.12. The van der Waals surface area contributed by atoms with Gasteiger partial charge in [0.05, 0.1) is 0 Å². The molecule has 9 rings (SSSR count).